The Morgan fingerprint density at radius 2 is 2.07 bits per heavy atom. The summed E-state index contributed by atoms with van der Waals surface area (Å²) in [6, 6.07) is 0. The van der Waals surface area contributed by atoms with E-state index in [1.54, 1.807) is 0 Å². The van der Waals surface area contributed by atoms with E-state index in [2.05, 4.69) is 18.7 Å². The molecular formula is C11H25NO2. The number of aliphatic hydroxyl groups excluding tert-OH is 1. The monoisotopic (exact) mass is 203 g/mol. The summed E-state index contributed by atoms with van der Waals surface area (Å²) in [6.45, 7) is 12.3. The molecule has 0 aromatic rings. The van der Waals surface area contributed by atoms with Crippen molar-refractivity contribution in [2.45, 2.75) is 33.8 Å². The van der Waals surface area contributed by atoms with Crippen molar-refractivity contribution in [3.63, 3.8) is 0 Å². The van der Waals surface area contributed by atoms with Crippen LogP contribution in [0.15, 0.2) is 0 Å². The van der Waals surface area contributed by atoms with Crippen LogP contribution >= 0.6 is 0 Å². The van der Waals surface area contributed by atoms with Crippen molar-refractivity contribution in [3.05, 3.63) is 0 Å². The van der Waals surface area contributed by atoms with Gasteiger partial charge in [-0.05, 0) is 5.92 Å². The van der Waals surface area contributed by atoms with E-state index in [0.717, 1.165) is 26.2 Å². The summed E-state index contributed by atoms with van der Waals surface area (Å²) in [5, 5.41) is 8.89. The SMILES string of the molecule is CC.CC(C)CN1CCOC(CO)C1. The van der Waals surface area contributed by atoms with Gasteiger partial charge in [-0.2, -0.15) is 0 Å². The van der Waals surface area contributed by atoms with Gasteiger partial charge in [-0.25, -0.2) is 0 Å². The zero-order valence-electron chi connectivity index (χ0n) is 9.99. The second kappa shape index (κ2) is 8.21. The van der Waals surface area contributed by atoms with Gasteiger partial charge in [-0.1, -0.05) is 27.7 Å². The molecule has 0 amide bonds. The lowest BCUT2D eigenvalue weighted by Gasteiger charge is -2.32. The summed E-state index contributed by atoms with van der Waals surface area (Å²) >= 11 is 0. The van der Waals surface area contributed by atoms with Gasteiger partial charge in [0.1, 0.15) is 0 Å². The molecule has 3 nitrogen and oxygen atoms in total. The second-order valence-corrected chi connectivity index (χ2v) is 3.83. The number of aliphatic hydroxyl groups is 1. The third kappa shape index (κ3) is 5.58. The predicted octanol–water partition coefficient (Wildman–Crippen LogP) is 1.36. The third-order valence-corrected chi connectivity index (χ3v) is 2.05. The van der Waals surface area contributed by atoms with E-state index in [0.29, 0.717) is 5.92 Å². The highest BCUT2D eigenvalue weighted by molar-refractivity contribution is 4.71. The Morgan fingerprint density at radius 3 is 2.57 bits per heavy atom. The van der Waals surface area contributed by atoms with Crippen LogP contribution in [-0.4, -0.2) is 49.0 Å². The Kier molecular flexibility index (Phi) is 8.14. The molecule has 1 N–H and O–H groups in total. The first kappa shape index (κ1) is 13.9. The largest absolute Gasteiger partial charge is 0.394 e. The second-order valence-electron chi connectivity index (χ2n) is 3.83. The molecule has 1 saturated heterocycles. The fourth-order valence-electron chi connectivity index (χ4n) is 1.57. The minimum Gasteiger partial charge on any atom is -0.394 e. The molecule has 1 aliphatic rings. The molecule has 0 bridgehead atoms. The van der Waals surface area contributed by atoms with Crippen molar-refractivity contribution in [2.24, 2.45) is 5.92 Å². The molecule has 14 heavy (non-hydrogen) atoms. The molecule has 86 valence electrons. The Morgan fingerprint density at radius 1 is 1.43 bits per heavy atom. The summed E-state index contributed by atoms with van der Waals surface area (Å²) in [7, 11) is 0. The third-order valence-electron chi connectivity index (χ3n) is 2.05. The lowest BCUT2D eigenvalue weighted by Crippen LogP contribution is -2.45. The molecule has 1 fully saturated rings. The quantitative estimate of drug-likeness (QED) is 0.752. The van der Waals surface area contributed by atoms with E-state index in [1.807, 2.05) is 13.8 Å². The minimum absolute atomic E-state index is 0.0394. The van der Waals surface area contributed by atoms with Crippen LogP contribution in [0.5, 0.6) is 0 Å². The molecule has 0 spiro atoms. The number of morpholine rings is 1. The summed E-state index contributed by atoms with van der Waals surface area (Å²) in [6.07, 6.45) is 0.0394. The number of hydrogen-bond donors (Lipinski definition) is 1. The normalized spacial score (nSPS) is 23.1. The average Bonchev–Trinajstić information content (AvgIpc) is 2.20. The zero-order valence-corrected chi connectivity index (χ0v) is 9.99. The van der Waals surface area contributed by atoms with E-state index >= 15 is 0 Å². The number of ether oxygens (including phenoxy) is 1. The summed E-state index contributed by atoms with van der Waals surface area (Å²) < 4.78 is 5.35. The molecule has 0 radical (unpaired) electrons. The first-order valence-electron chi connectivity index (χ1n) is 5.67. The van der Waals surface area contributed by atoms with Crippen molar-refractivity contribution < 1.29 is 9.84 Å². The van der Waals surface area contributed by atoms with Gasteiger partial charge >= 0.3 is 0 Å². The molecule has 1 rings (SSSR count). The maximum absolute atomic E-state index is 8.89. The first-order chi connectivity index (χ1) is 6.72. The van der Waals surface area contributed by atoms with Gasteiger partial charge in [-0.15, -0.1) is 0 Å². The Balaban J connectivity index is 0.000000791. The van der Waals surface area contributed by atoms with E-state index < -0.39 is 0 Å². The highest BCUT2D eigenvalue weighted by Crippen LogP contribution is 2.06. The van der Waals surface area contributed by atoms with Crippen LogP contribution in [0.2, 0.25) is 0 Å². The minimum atomic E-state index is 0.0394. The van der Waals surface area contributed by atoms with Gasteiger partial charge in [0.05, 0.1) is 19.3 Å². The number of nitrogens with zero attached hydrogens (tertiary/aromatic N) is 1. The molecule has 0 saturated carbocycles. The molecular weight excluding hydrogens is 178 g/mol. The predicted molar refractivity (Wildman–Crippen MR) is 59.5 cm³/mol. The van der Waals surface area contributed by atoms with Crippen LogP contribution in [-0.2, 0) is 4.74 Å². The first-order valence-corrected chi connectivity index (χ1v) is 5.67. The molecule has 0 aromatic carbocycles. The number of rotatable bonds is 3. The van der Waals surface area contributed by atoms with Crippen LogP contribution in [0, 0.1) is 5.92 Å². The van der Waals surface area contributed by atoms with Crippen molar-refractivity contribution >= 4 is 0 Å². The Hall–Kier alpha value is -0.120. The maximum Gasteiger partial charge on any atom is 0.0932 e. The van der Waals surface area contributed by atoms with Gasteiger partial charge in [0.15, 0.2) is 0 Å². The van der Waals surface area contributed by atoms with Crippen LogP contribution in [0.4, 0.5) is 0 Å². The molecule has 1 heterocycles. The topological polar surface area (TPSA) is 32.7 Å². The smallest absolute Gasteiger partial charge is 0.0932 e. The zero-order chi connectivity index (χ0) is 11.0. The van der Waals surface area contributed by atoms with Gasteiger partial charge in [0, 0.05) is 19.6 Å². The average molecular weight is 203 g/mol. The fourth-order valence-corrected chi connectivity index (χ4v) is 1.57. The lowest BCUT2D eigenvalue weighted by molar-refractivity contribution is -0.0551. The van der Waals surface area contributed by atoms with E-state index in [9.17, 15) is 0 Å². The lowest BCUT2D eigenvalue weighted by atomic mass is 10.2. The van der Waals surface area contributed by atoms with Gasteiger partial charge in [-0.3, -0.25) is 4.90 Å². The fraction of sp³-hybridized carbons (Fsp3) is 1.00. The molecule has 1 atom stereocenters. The van der Waals surface area contributed by atoms with Crippen molar-refractivity contribution in [1.82, 2.24) is 4.90 Å². The molecule has 1 unspecified atom stereocenters. The van der Waals surface area contributed by atoms with Crippen molar-refractivity contribution in [2.75, 3.05) is 32.8 Å². The summed E-state index contributed by atoms with van der Waals surface area (Å²) in [4.78, 5) is 2.36. The van der Waals surface area contributed by atoms with Crippen molar-refractivity contribution in [3.8, 4) is 0 Å². The van der Waals surface area contributed by atoms with Crippen LogP contribution in [0.3, 0.4) is 0 Å². The van der Waals surface area contributed by atoms with Crippen LogP contribution in [0.25, 0.3) is 0 Å². The van der Waals surface area contributed by atoms with Gasteiger partial charge in [0.2, 0.25) is 0 Å². The summed E-state index contributed by atoms with van der Waals surface area (Å²) in [5.41, 5.74) is 0. The van der Waals surface area contributed by atoms with Gasteiger partial charge < -0.3 is 9.84 Å². The molecule has 0 aliphatic carbocycles. The Bertz CT molecular complexity index is 128. The number of hydrogen-bond acceptors (Lipinski definition) is 3. The standard InChI is InChI=1S/C9H19NO2.C2H6/c1-8(2)5-10-3-4-12-9(6-10)7-11;1-2/h8-9,11H,3-7H2,1-2H3;1-2H3. The highest BCUT2D eigenvalue weighted by atomic mass is 16.5. The van der Waals surface area contributed by atoms with Crippen molar-refractivity contribution in [1.29, 1.82) is 0 Å². The molecule has 1 aliphatic heterocycles. The van der Waals surface area contributed by atoms with Crippen LogP contribution < -0.4 is 0 Å². The highest BCUT2D eigenvalue weighted by Gasteiger charge is 2.19. The van der Waals surface area contributed by atoms with Crippen LogP contribution in [0.1, 0.15) is 27.7 Å². The van der Waals surface area contributed by atoms with E-state index in [4.69, 9.17) is 9.84 Å². The maximum atomic E-state index is 8.89. The molecule has 0 aromatic heterocycles. The Labute approximate surface area is 88.1 Å². The summed E-state index contributed by atoms with van der Waals surface area (Å²) in [5.74, 6) is 0.697. The van der Waals surface area contributed by atoms with E-state index in [1.165, 1.54) is 0 Å². The van der Waals surface area contributed by atoms with Gasteiger partial charge in [0.25, 0.3) is 0 Å². The van der Waals surface area contributed by atoms with E-state index in [-0.39, 0.29) is 12.7 Å². The molecule has 3 heteroatoms.